The molecule has 2 heterocycles. The van der Waals surface area contributed by atoms with Crippen LogP contribution in [0.3, 0.4) is 0 Å². The van der Waals surface area contributed by atoms with E-state index in [-0.39, 0.29) is 46.9 Å². The van der Waals surface area contributed by atoms with Gasteiger partial charge in [0.05, 0.1) is 30.0 Å². The highest BCUT2D eigenvalue weighted by molar-refractivity contribution is 6.22. The highest BCUT2D eigenvalue weighted by atomic mass is 19.1. The van der Waals surface area contributed by atoms with Crippen molar-refractivity contribution in [3.63, 3.8) is 0 Å². The van der Waals surface area contributed by atoms with Crippen LogP contribution in [0.1, 0.15) is 62.3 Å². The second-order valence-corrected chi connectivity index (χ2v) is 7.78. The van der Waals surface area contributed by atoms with Gasteiger partial charge in [0.2, 0.25) is 0 Å². The molecule has 0 bridgehead atoms. The number of hydrogen-bond donors (Lipinski definition) is 1. The fourth-order valence-electron chi connectivity index (χ4n) is 3.66. The van der Waals surface area contributed by atoms with Crippen molar-refractivity contribution in [2.24, 2.45) is 5.92 Å². The third-order valence-electron chi connectivity index (χ3n) is 5.31. The molecule has 1 aliphatic rings. The van der Waals surface area contributed by atoms with Gasteiger partial charge >= 0.3 is 0 Å². The topological polar surface area (TPSA) is 79.6 Å². The van der Waals surface area contributed by atoms with Crippen molar-refractivity contribution >= 4 is 17.7 Å². The maximum absolute atomic E-state index is 13.3. The molecule has 1 aromatic heterocycles. The van der Waals surface area contributed by atoms with Crippen LogP contribution in [0.25, 0.3) is 0 Å². The van der Waals surface area contributed by atoms with Gasteiger partial charge in [-0.15, -0.1) is 0 Å². The number of furan rings is 1. The number of amides is 3. The summed E-state index contributed by atoms with van der Waals surface area (Å²) in [4.78, 5) is 39.4. The average molecular weight is 420 g/mol. The number of hydrogen-bond acceptors (Lipinski definition) is 4. The molecule has 3 amide bonds. The van der Waals surface area contributed by atoms with Crippen LogP contribution in [0.4, 0.5) is 4.39 Å². The predicted octanol–water partition coefficient (Wildman–Crippen LogP) is 4.34. The molecular formula is C24H21FN2O4. The average Bonchev–Trinajstić information content (AvgIpc) is 3.35. The highest BCUT2D eigenvalue weighted by Crippen LogP contribution is 2.27. The smallest absolute Gasteiger partial charge is 0.261 e. The van der Waals surface area contributed by atoms with E-state index < -0.39 is 11.8 Å². The van der Waals surface area contributed by atoms with E-state index in [2.05, 4.69) is 5.32 Å². The Morgan fingerprint density at radius 1 is 1.03 bits per heavy atom. The number of halogens is 1. The summed E-state index contributed by atoms with van der Waals surface area (Å²) in [6.07, 6.45) is 1.47. The first-order chi connectivity index (χ1) is 14.8. The van der Waals surface area contributed by atoms with E-state index in [4.69, 9.17) is 4.42 Å². The number of rotatable bonds is 6. The molecule has 1 atom stereocenters. The van der Waals surface area contributed by atoms with Crippen molar-refractivity contribution in [2.45, 2.75) is 26.4 Å². The molecule has 1 N–H and O–H groups in total. The lowest BCUT2D eigenvalue weighted by Crippen LogP contribution is -2.32. The summed E-state index contributed by atoms with van der Waals surface area (Å²) in [6.45, 7) is 3.93. The van der Waals surface area contributed by atoms with Crippen LogP contribution in [-0.4, -0.2) is 22.6 Å². The molecule has 1 aliphatic heterocycles. The number of nitrogens with zero attached hydrogens (tertiary/aromatic N) is 1. The summed E-state index contributed by atoms with van der Waals surface area (Å²) < 4.78 is 18.5. The molecule has 31 heavy (non-hydrogen) atoms. The van der Waals surface area contributed by atoms with Crippen molar-refractivity contribution in [3.8, 4) is 0 Å². The van der Waals surface area contributed by atoms with Crippen LogP contribution in [0.2, 0.25) is 0 Å². The number of fused-ring (bicyclic) bond motifs is 1. The van der Waals surface area contributed by atoms with E-state index in [0.717, 1.165) is 10.5 Å². The molecule has 2 aromatic carbocycles. The first-order valence-corrected chi connectivity index (χ1v) is 9.94. The zero-order valence-electron chi connectivity index (χ0n) is 17.1. The molecule has 4 rings (SSSR count). The van der Waals surface area contributed by atoms with E-state index in [1.807, 2.05) is 13.8 Å². The summed E-state index contributed by atoms with van der Waals surface area (Å²) in [5, 5.41) is 2.95. The highest BCUT2D eigenvalue weighted by Gasteiger charge is 2.36. The van der Waals surface area contributed by atoms with E-state index in [1.54, 1.807) is 24.3 Å². The Hall–Kier alpha value is -3.74. The van der Waals surface area contributed by atoms with Crippen molar-refractivity contribution < 1.29 is 23.2 Å². The van der Waals surface area contributed by atoms with E-state index in [0.29, 0.717) is 5.76 Å². The SMILES string of the molecule is CC(C)C(NC(=O)c1ccc2c(c1)C(=O)N(Cc1ccco1)C2=O)c1ccc(F)cc1. The van der Waals surface area contributed by atoms with Gasteiger partial charge in [-0.05, 0) is 53.9 Å². The van der Waals surface area contributed by atoms with Gasteiger partial charge in [-0.2, -0.15) is 0 Å². The molecule has 0 saturated carbocycles. The minimum absolute atomic E-state index is 0.0286. The lowest BCUT2D eigenvalue weighted by atomic mass is 9.95. The van der Waals surface area contributed by atoms with Crippen molar-refractivity contribution in [3.05, 3.63) is 94.7 Å². The standard InChI is InChI=1S/C24H21FN2O4/c1-14(2)21(15-5-8-17(25)9-6-15)26-22(28)16-7-10-19-20(12-16)24(30)27(23(19)29)13-18-4-3-11-31-18/h3-12,14,21H,13H2,1-2H3,(H,26,28). The summed E-state index contributed by atoms with van der Waals surface area (Å²) in [7, 11) is 0. The summed E-state index contributed by atoms with van der Waals surface area (Å²) in [6, 6.07) is 13.5. The second kappa shape index (κ2) is 8.18. The second-order valence-electron chi connectivity index (χ2n) is 7.78. The van der Waals surface area contributed by atoms with Crippen molar-refractivity contribution in [1.29, 1.82) is 0 Å². The third kappa shape index (κ3) is 3.99. The van der Waals surface area contributed by atoms with Gasteiger partial charge in [-0.1, -0.05) is 26.0 Å². The lowest BCUT2D eigenvalue weighted by molar-refractivity contribution is 0.0631. The van der Waals surface area contributed by atoms with Gasteiger partial charge in [0.25, 0.3) is 17.7 Å². The number of nitrogens with one attached hydrogen (secondary N) is 1. The van der Waals surface area contributed by atoms with Crippen LogP contribution in [0.5, 0.6) is 0 Å². The Labute approximate surface area is 178 Å². The maximum Gasteiger partial charge on any atom is 0.261 e. The zero-order valence-corrected chi connectivity index (χ0v) is 17.1. The van der Waals surface area contributed by atoms with Crippen molar-refractivity contribution in [2.75, 3.05) is 0 Å². The largest absolute Gasteiger partial charge is 0.467 e. The van der Waals surface area contributed by atoms with E-state index in [1.165, 1.54) is 36.6 Å². The van der Waals surface area contributed by atoms with Gasteiger partial charge in [-0.3, -0.25) is 19.3 Å². The molecule has 0 spiro atoms. The molecule has 6 nitrogen and oxygen atoms in total. The molecule has 0 radical (unpaired) electrons. The molecule has 0 aliphatic carbocycles. The molecule has 0 saturated heterocycles. The van der Waals surface area contributed by atoms with Gasteiger partial charge in [-0.25, -0.2) is 4.39 Å². The molecule has 158 valence electrons. The first kappa shape index (κ1) is 20.5. The minimum atomic E-state index is -0.468. The third-order valence-corrected chi connectivity index (χ3v) is 5.31. The van der Waals surface area contributed by atoms with Crippen LogP contribution >= 0.6 is 0 Å². The van der Waals surface area contributed by atoms with Gasteiger partial charge in [0, 0.05) is 5.56 Å². The van der Waals surface area contributed by atoms with Crippen LogP contribution in [0.15, 0.2) is 65.3 Å². The quantitative estimate of drug-likeness (QED) is 0.602. The number of carbonyl (C=O) groups is 3. The molecular weight excluding hydrogens is 399 g/mol. The summed E-state index contributed by atoms with van der Waals surface area (Å²) >= 11 is 0. The molecule has 1 unspecified atom stereocenters. The Bertz CT molecular complexity index is 1140. The Balaban J connectivity index is 1.56. The minimum Gasteiger partial charge on any atom is -0.467 e. The monoisotopic (exact) mass is 420 g/mol. The van der Waals surface area contributed by atoms with Gasteiger partial charge in [0.15, 0.2) is 0 Å². The fourth-order valence-corrected chi connectivity index (χ4v) is 3.66. The fraction of sp³-hybridized carbons (Fsp3) is 0.208. The zero-order chi connectivity index (χ0) is 22.1. The van der Waals surface area contributed by atoms with Crippen LogP contribution in [0, 0.1) is 11.7 Å². The lowest BCUT2D eigenvalue weighted by Gasteiger charge is -2.23. The number of benzene rings is 2. The Kier molecular flexibility index (Phi) is 5.42. The maximum atomic E-state index is 13.3. The summed E-state index contributed by atoms with van der Waals surface area (Å²) in [5.74, 6) is -1.07. The first-order valence-electron chi connectivity index (χ1n) is 9.94. The molecule has 0 fully saturated rings. The Morgan fingerprint density at radius 3 is 2.39 bits per heavy atom. The van der Waals surface area contributed by atoms with E-state index >= 15 is 0 Å². The number of imide groups is 1. The van der Waals surface area contributed by atoms with Gasteiger partial charge in [0.1, 0.15) is 11.6 Å². The molecule has 7 heteroatoms. The van der Waals surface area contributed by atoms with E-state index in [9.17, 15) is 18.8 Å². The normalized spacial score (nSPS) is 14.1. The van der Waals surface area contributed by atoms with Crippen LogP contribution in [-0.2, 0) is 6.54 Å². The van der Waals surface area contributed by atoms with Gasteiger partial charge < -0.3 is 9.73 Å². The van der Waals surface area contributed by atoms with Crippen molar-refractivity contribution in [1.82, 2.24) is 10.2 Å². The molecule has 3 aromatic rings. The Morgan fingerprint density at radius 2 is 1.74 bits per heavy atom. The number of carbonyl (C=O) groups excluding carboxylic acids is 3. The predicted molar refractivity (Wildman–Crippen MR) is 111 cm³/mol. The summed E-state index contributed by atoms with van der Waals surface area (Å²) in [5.41, 5.74) is 1.49. The van der Waals surface area contributed by atoms with Crippen LogP contribution < -0.4 is 5.32 Å².